The van der Waals surface area contributed by atoms with Crippen LogP contribution < -0.4 is 5.32 Å². The van der Waals surface area contributed by atoms with Gasteiger partial charge in [0.15, 0.2) is 0 Å². The van der Waals surface area contributed by atoms with Crippen LogP contribution in [0.15, 0.2) is 48.5 Å². The highest BCUT2D eigenvalue weighted by Gasteiger charge is 2.32. The van der Waals surface area contributed by atoms with Gasteiger partial charge in [-0.05, 0) is 37.6 Å². The maximum atomic E-state index is 13.3. The Morgan fingerprint density at radius 2 is 1.89 bits per heavy atom. The summed E-state index contributed by atoms with van der Waals surface area (Å²) in [5.41, 5.74) is 1.88. The predicted octanol–water partition coefficient (Wildman–Crippen LogP) is 3.30. The summed E-state index contributed by atoms with van der Waals surface area (Å²) in [5.74, 6) is -0.164. The third-order valence-electron chi connectivity index (χ3n) is 5.41. The molecule has 1 saturated carbocycles. The lowest BCUT2D eigenvalue weighted by Crippen LogP contribution is -2.49. The fourth-order valence-corrected chi connectivity index (χ4v) is 3.67. The van der Waals surface area contributed by atoms with Crippen LogP contribution in [0.2, 0.25) is 0 Å². The van der Waals surface area contributed by atoms with E-state index in [1.54, 1.807) is 12.1 Å². The van der Waals surface area contributed by atoms with E-state index in [0.717, 1.165) is 31.5 Å². The van der Waals surface area contributed by atoms with Crippen LogP contribution in [0.5, 0.6) is 0 Å². The number of nitro benzene ring substituents is 1. The van der Waals surface area contributed by atoms with Crippen molar-refractivity contribution in [2.75, 3.05) is 32.0 Å². The molecule has 1 aliphatic carbocycles. The van der Waals surface area contributed by atoms with E-state index in [1.807, 2.05) is 42.3 Å². The zero-order valence-electron chi connectivity index (χ0n) is 15.9. The monoisotopic (exact) mass is 380 g/mol. The highest BCUT2D eigenvalue weighted by Crippen LogP contribution is 2.33. The Morgan fingerprint density at radius 1 is 1.14 bits per heavy atom. The molecule has 2 aromatic rings. The van der Waals surface area contributed by atoms with Crippen LogP contribution in [-0.2, 0) is 0 Å². The number of anilines is 1. The smallest absolute Gasteiger partial charge is 0.293 e. The van der Waals surface area contributed by atoms with E-state index in [2.05, 4.69) is 10.2 Å². The molecule has 7 heteroatoms. The summed E-state index contributed by atoms with van der Waals surface area (Å²) in [6.07, 6.45) is 2.05. The first kappa shape index (κ1) is 18.4. The second kappa shape index (κ2) is 7.59. The van der Waals surface area contributed by atoms with Gasteiger partial charge in [-0.15, -0.1) is 0 Å². The fourth-order valence-electron chi connectivity index (χ4n) is 3.67. The number of hydrogen-bond donors (Lipinski definition) is 1. The van der Waals surface area contributed by atoms with Crippen molar-refractivity contribution in [1.29, 1.82) is 0 Å². The second-order valence-electron chi connectivity index (χ2n) is 7.59. The largest absolute Gasteiger partial charge is 0.377 e. The van der Waals surface area contributed by atoms with E-state index >= 15 is 0 Å². The Hall–Kier alpha value is -2.93. The zero-order chi connectivity index (χ0) is 19.7. The first-order valence-corrected chi connectivity index (χ1v) is 9.62. The molecule has 2 aromatic carbocycles. The quantitative estimate of drug-likeness (QED) is 0.636. The van der Waals surface area contributed by atoms with Gasteiger partial charge in [0.2, 0.25) is 0 Å². The minimum Gasteiger partial charge on any atom is -0.377 e. The number of rotatable bonds is 5. The van der Waals surface area contributed by atoms with Crippen LogP contribution in [0.3, 0.4) is 0 Å². The average Bonchev–Trinajstić information content (AvgIpc) is 3.52. The number of hydrogen-bond acceptors (Lipinski definition) is 5. The Kier molecular flexibility index (Phi) is 5.00. The molecule has 4 rings (SSSR count). The molecule has 1 heterocycles. The van der Waals surface area contributed by atoms with Gasteiger partial charge in [0, 0.05) is 37.3 Å². The molecule has 1 N–H and O–H groups in total. The summed E-state index contributed by atoms with van der Waals surface area (Å²) in [7, 11) is 2.04. The van der Waals surface area contributed by atoms with Crippen molar-refractivity contribution in [3.63, 3.8) is 0 Å². The molecular weight excluding hydrogens is 356 g/mol. The summed E-state index contributed by atoms with van der Waals surface area (Å²) in [5, 5.41) is 14.7. The Labute approximate surface area is 164 Å². The third-order valence-corrected chi connectivity index (χ3v) is 5.41. The van der Waals surface area contributed by atoms with Crippen molar-refractivity contribution in [2.45, 2.75) is 24.9 Å². The summed E-state index contributed by atoms with van der Waals surface area (Å²) >= 11 is 0. The van der Waals surface area contributed by atoms with Crippen LogP contribution in [0.25, 0.3) is 0 Å². The first-order chi connectivity index (χ1) is 13.5. The number of piperazine rings is 1. The number of likely N-dealkylation sites (N-methyl/N-ethyl adjacent to an activating group) is 1. The second-order valence-corrected chi connectivity index (χ2v) is 7.59. The molecule has 1 atom stereocenters. The van der Waals surface area contributed by atoms with E-state index < -0.39 is 4.92 Å². The van der Waals surface area contributed by atoms with Crippen LogP contribution in [0.4, 0.5) is 11.4 Å². The molecular formula is C21H24N4O3. The SMILES string of the molecule is CN1CCN(C(=O)c2ccc(NC3CC3)c([N+](=O)[O-])c2)C(c2ccccc2)C1. The molecule has 1 saturated heterocycles. The van der Waals surface area contributed by atoms with E-state index in [1.165, 1.54) is 6.07 Å². The number of carbonyl (C=O) groups is 1. The van der Waals surface area contributed by atoms with Crippen molar-refractivity contribution < 1.29 is 9.72 Å². The minimum atomic E-state index is -0.417. The van der Waals surface area contributed by atoms with Gasteiger partial charge in [0.05, 0.1) is 11.0 Å². The fraction of sp³-hybridized carbons (Fsp3) is 0.381. The van der Waals surface area contributed by atoms with Crippen LogP contribution in [0, 0.1) is 10.1 Å². The normalized spacial score (nSPS) is 20.0. The molecule has 2 fully saturated rings. The Bertz CT molecular complexity index is 882. The zero-order valence-corrected chi connectivity index (χ0v) is 15.9. The lowest BCUT2D eigenvalue weighted by molar-refractivity contribution is -0.384. The van der Waals surface area contributed by atoms with Crippen LogP contribution in [-0.4, -0.2) is 53.4 Å². The standard InChI is InChI=1S/C21H24N4O3/c1-23-11-12-24(20(14-23)15-5-3-2-4-6-15)21(26)16-7-10-18(22-17-8-9-17)19(13-16)25(27)28/h2-7,10,13,17,20,22H,8-9,11-12,14H2,1H3. The van der Waals surface area contributed by atoms with E-state index in [0.29, 0.717) is 23.8 Å². The summed E-state index contributed by atoms with van der Waals surface area (Å²) in [6, 6.07) is 14.9. The summed E-state index contributed by atoms with van der Waals surface area (Å²) < 4.78 is 0. The topological polar surface area (TPSA) is 78.7 Å². The maximum Gasteiger partial charge on any atom is 0.293 e. The molecule has 1 unspecified atom stereocenters. The number of carbonyl (C=O) groups excluding carboxylic acids is 1. The number of amides is 1. The van der Waals surface area contributed by atoms with Gasteiger partial charge in [-0.3, -0.25) is 14.9 Å². The lowest BCUT2D eigenvalue weighted by atomic mass is 10.0. The van der Waals surface area contributed by atoms with Crippen LogP contribution >= 0.6 is 0 Å². The molecule has 2 aliphatic rings. The number of nitrogens with one attached hydrogen (secondary N) is 1. The average molecular weight is 380 g/mol. The lowest BCUT2D eigenvalue weighted by Gasteiger charge is -2.40. The number of nitro groups is 1. The van der Waals surface area contributed by atoms with E-state index in [9.17, 15) is 14.9 Å². The molecule has 7 nitrogen and oxygen atoms in total. The first-order valence-electron chi connectivity index (χ1n) is 9.62. The summed E-state index contributed by atoms with van der Waals surface area (Å²) in [6.45, 7) is 2.10. The van der Waals surface area contributed by atoms with E-state index in [4.69, 9.17) is 0 Å². The Balaban J connectivity index is 1.63. The van der Waals surface area contributed by atoms with Crippen molar-refractivity contribution in [1.82, 2.24) is 9.80 Å². The number of nitrogens with zero attached hydrogens (tertiary/aromatic N) is 3. The highest BCUT2D eigenvalue weighted by molar-refractivity contribution is 5.96. The van der Waals surface area contributed by atoms with Gasteiger partial charge in [0.25, 0.3) is 11.6 Å². The molecule has 0 aromatic heterocycles. The van der Waals surface area contributed by atoms with Crippen molar-refractivity contribution >= 4 is 17.3 Å². The molecule has 146 valence electrons. The van der Waals surface area contributed by atoms with Gasteiger partial charge < -0.3 is 15.1 Å². The molecule has 28 heavy (non-hydrogen) atoms. The number of benzene rings is 2. The van der Waals surface area contributed by atoms with Gasteiger partial charge in [0.1, 0.15) is 5.69 Å². The van der Waals surface area contributed by atoms with Crippen LogP contribution in [0.1, 0.15) is 34.8 Å². The Morgan fingerprint density at radius 3 is 2.57 bits per heavy atom. The van der Waals surface area contributed by atoms with Gasteiger partial charge >= 0.3 is 0 Å². The third kappa shape index (κ3) is 3.84. The highest BCUT2D eigenvalue weighted by atomic mass is 16.6. The van der Waals surface area contributed by atoms with Gasteiger partial charge in [-0.2, -0.15) is 0 Å². The van der Waals surface area contributed by atoms with Crippen molar-refractivity contribution in [2.24, 2.45) is 0 Å². The summed E-state index contributed by atoms with van der Waals surface area (Å²) in [4.78, 5) is 28.4. The van der Waals surface area contributed by atoms with Gasteiger partial charge in [-0.1, -0.05) is 30.3 Å². The molecule has 0 spiro atoms. The van der Waals surface area contributed by atoms with Crippen molar-refractivity contribution in [3.05, 3.63) is 69.8 Å². The predicted molar refractivity (Wildman–Crippen MR) is 107 cm³/mol. The molecule has 1 amide bonds. The van der Waals surface area contributed by atoms with E-state index in [-0.39, 0.29) is 17.6 Å². The minimum absolute atomic E-state index is 0.0388. The molecule has 0 bridgehead atoms. The maximum absolute atomic E-state index is 13.3. The van der Waals surface area contributed by atoms with Gasteiger partial charge in [-0.25, -0.2) is 0 Å². The molecule has 1 aliphatic heterocycles. The molecule has 0 radical (unpaired) electrons. The van der Waals surface area contributed by atoms with Crippen molar-refractivity contribution in [3.8, 4) is 0 Å².